The smallest absolute Gasteiger partial charge is 0.164 e. The molecule has 0 saturated heterocycles. The summed E-state index contributed by atoms with van der Waals surface area (Å²) in [6.45, 7) is 0. The lowest BCUT2D eigenvalue weighted by atomic mass is 9.98. The first-order valence-corrected chi connectivity index (χ1v) is 21.3. The zero-order chi connectivity index (χ0) is 40.0. The number of benzene rings is 9. The molecule has 6 heteroatoms. The Bertz CT molecular complexity index is 3810. The van der Waals surface area contributed by atoms with Crippen LogP contribution in [0.3, 0.4) is 0 Å². The highest BCUT2D eigenvalue weighted by atomic mass is 32.1. The highest BCUT2D eigenvalue weighted by Crippen LogP contribution is 2.46. The van der Waals surface area contributed by atoms with Crippen molar-refractivity contribution in [1.29, 1.82) is 0 Å². The van der Waals surface area contributed by atoms with Crippen LogP contribution >= 0.6 is 11.3 Å². The molecule has 61 heavy (non-hydrogen) atoms. The van der Waals surface area contributed by atoms with E-state index in [-0.39, 0.29) is 0 Å². The van der Waals surface area contributed by atoms with Gasteiger partial charge in [-0.25, -0.2) is 15.0 Å². The standard InChI is InChI=1S/C55H33N5S/c1-4-17-34(18-5-1)53-56-54(35-19-6-2-7-20-35)58-55(57-53)44-32-50-51(40-26-11-10-23-37(40)44)41-27-16-30-47(52(41)61-50)60-46-29-15-13-25-39(46)43-31-42-38-24-12-14-28-45(38)59(48(42)33-49(43)60)36-21-8-3-9-22-36/h1-33H. The number of hydrogen-bond acceptors (Lipinski definition) is 4. The molecule has 0 saturated carbocycles. The summed E-state index contributed by atoms with van der Waals surface area (Å²) in [6, 6.07) is 71.3. The Balaban J connectivity index is 1.09. The molecule has 0 unspecified atom stereocenters. The van der Waals surface area contributed by atoms with Gasteiger partial charge < -0.3 is 9.13 Å². The van der Waals surface area contributed by atoms with Gasteiger partial charge in [0.15, 0.2) is 17.5 Å². The highest BCUT2D eigenvalue weighted by Gasteiger charge is 2.22. The molecule has 284 valence electrons. The largest absolute Gasteiger partial charge is 0.309 e. The first-order chi connectivity index (χ1) is 30.3. The first-order valence-electron chi connectivity index (χ1n) is 20.5. The summed E-state index contributed by atoms with van der Waals surface area (Å²) in [4.78, 5) is 15.4. The summed E-state index contributed by atoms with van der Waals surface area (Å²) in [5.41, 5.74) is 9.95. The zero-order valence-electron chi connectivity index (χ0n) is 32.7. The molecule has 0 amide bonds. The molecule has 0 N–H and O–H groups in total. The maximum Gasteiger partial charge on any atom is 0.164 e. The molecule has 0 aliphatic carbocycles. The fourth-order valence-electron chi connectivity index (χ4n) is 9.48. The summed E-state index contributed by atoms with van der Waals surface area (Å²) in [5, 5.41) is 9.74. The van der Waals surface area contributed by atoms with Gasteiger partial charge in [0.25, 0.3) is 0 Å². The van der Waals surface area contributed by atoms with Crippen molar-refractivity contribution in [2.75, 3.05) is 0 Å². The second-order valence-electron chi connectivity index (χ2n) is 15.6. The average molecular weight is 796 g/mol. The highest BCUT2D eigenvalue weighted by molar-refractivity contribution is 7.26. The molecular formula is C55H33N5S. The van der Waals surface area contributed by atoms with Crippen LogP contribution < -0.4 is 0 Å². The van der Waals surface area contributed by atoms with Gasteiger partial charge >= 0.3 is 0 Å². The van der Waals surface area contributed by atoms with Crippen molar-refractivity contribution in [3.05, 3.63) is 200 Å². The van der Waals surface area contributed by atoms with E-state index in [4.69, 9.17) is 15.0 Å². The number of hydrogen-bond donors (Lipinski definition) is 0. The number of para-hydroxylation sites is 3. The predicted octanol–water partition coefficient (Wildman–Crippen LogP) is 14.6. The SMILES string of the molecule is c1ccc(-c2nc(-c3ccccc3)nc(-c3cc4sc5c(-n6c7ccccc7c7cc8c9ccccc9n(-c9ccccc9)c8cc76)cccc5c4c4ccccc34)n2)cc1. The van der Waals surface area contributed by atoms with Crippen LogP contribution in [0.4, 0.5) is 0 Å². The van der Waals surface area contributed by atoms with E-state index in [2.05, 4.69) is 173 Å². The van der Waals surface area contributed by atoms with Crippen LogP contribution in [0, 0.1) is 0 Å². The van der Waals surface area contributed by atoms with Crippen molar-refractivity contribution in [3.63, 3.8) is 0 Å². The second kappa shape index (κ2) is 13.3. The molecule has 0 atom stereocenters. The van der Waals surface area contributed by atoms with Crippen molar-refractivity contribution in [3.8, 4) is 45.5 Å². The van der Waals surface area contributed by atoms with Gasteiger partial charge in [0.2, 0.25) is 0 Å². The molecule has 4 aromatic heterocycles. The molecule has 0 aliphatic heterocycles. The van der Waals surface area contributed by atoms with E-state index >= 15 is 0 Å². The molecule has 0 fully saturated rings. The third-order valence-electron chi connectivity index (χ3n) is 12.1. The predicted molar refractivity (Wildman–Crippen MR) is 255 cm³/mol. The van der Waals surface area contributed by atoms with Crippen molar-refractivity contribution >= 4 is 85.9 Å². The molecule has 0 aliphatic rings. The van der Waals surface area contributed by atoms with Crippen LogP contribution in [0.25, 0.3) is 120 Å². The Morgan fingerprint density at radius 1 is 0.344 bits per heavy atom. The topological polar surface area (TPSA) is 48.5 Å². The van der Waals surface area contributed by atoms with Gasteiger partial charge in [0.05, 0.1) is 32.5 Å². The van der Waals surface area contributed by atoms with Gasteiger partial charge in [-0.05, 0) is 59.3 Å². The summed E-state index contributed by atoms with van der Waals surface area (Å²) in [6.07, 6.45) is 0. The Morgan fingerprint density at radius 3 is 1.51 bits per heavy atom. The van der Waals surface area contributed by atoms with Crippen molar-refractivity contribution in [2.24, 2.45) is 0 Å². The minimum absolute atomic E-state index is 0.652. The average Bonchev–Trinajstić information content (AvgIpc) is 3.99. The van der Waals surface area contributed by atoms with Crippen LogP contribution in [0.5, 0.6) is 0 Å². The molecule has 0 radical (unpaired) electrons. The van der Waals surface area contributed by atoms with Crippen LogP contribution in [0.1, 0.15) is 0 Å². The summed E-state index contributed by atoms with van der Waals surface area (Å²) < 4.78 is 7.32. The van der Waals surface area contributed by atoms with Gasteiger partial charge in [0.1, 0.15) is 0 Å². The van der Waals surface area contributed by atoms with Crippen molar-refractivity contribution in [1.82, 2.24) is 24.1 Å². The van der Waals surface area contributed by atoms with E-state index in [1.807, 2.05) is 47.7 Å². The molecule has 4 heterocycles. The van der Waals surface area contributed by atoms with E-state index in [0.717, 1.165) is 33.5 Å². The molecule has 13 rings (SSSR count). The van der Waals surface area contributed by atoms with Gasteiger partial charge in [0, 0.05) is 59.4 Å². The summed E-state index contributed by atoms with van der Waals surface area (Å²) in [5.74, 6) is 1.96. The molecule has 5 nitrogen and oxygen atoms in total. The normalized spacial score (nSPS) is 11.9. The lowest BCUT2D eigenvalue weighted by Gasteiger charge is -2.11. The van der Waals surface area contributed by atoms with Gasteiger partial charge in [-0.1, -0.05) is 152 Å². The van der Waals surface area contributed by atoms with E-state index in [1.165, 1.54) is 69.2 Å². The lowest BCUT2D eigenvalue weighted by molar-refractivity contribution is 1.08. The molecular weight excluding hydrogens is 763 g/mol. The lowest BCUT2D eigenvalue weighted by Crippen LogP contribution is -2.00. The van der Waals surface area contributed by atoms with E-state index in [1.54, 1.807) is 0 Å². The van der Waals surface area contributed by atoms with Crippen LogP contribution in [0.15, 0.2) is 200 Å². The van der Waals surface area contributed by atoms with Gasteiger partial charge in [-0.15, -0.1) is 11.3 Å². The van der Waals surface area contributed by atoms with E-state index in [0.29, 0.717) is 17.5 Å². The van der Waals surface area contributed by atoms with Crippen LogP contribution in [0.2, 0.25) is 0 Å². The quantitative estimate of drug-likeness (QED) is 0.174. The molecule has 13 aromatic rings. The van der Waals surface area contributed by atoms with Crippen LogP contribution in [-0.2, 0) is 0 Å². The van der Waals surface area contributed by atoms with Crippen molar-refractivity contribution < 1.29 is 0 Å². The van der Waals surface area contributed by atoms with E-state index < -0.39 is 0 Å². The zero-order valence-corrected chi connectivity index (χ0v) is 33.5. The number of thiophene rings is 1. The Morgan fingerprint density at radius 2 is 0.852 bits per heavy atom. The first kappa shape index (κ1) is 34.0. The van der Waals surface area contributed by atoms with Gasteiger partial charge in [-0.3, -0.25) is 0 Å². The van der Waals surface area contributed by atoms with Crippen LogP contribution in [-0.4, -0.2) is 24.1 Å². The minimum atomic E-state index is 0.652. The molecule has 0 bridgehead atoms. The maximum absolute atomic E-state index is 5.18. The fourth-order valence-corrected chi connectivity index (χ4v) is 10.7. The maximum atomic E-state index is 5.18. The molecule has 9 aromatic carbocycles. The van der Waals surface area contributed by atoms with E-state index in [9.17, 15) is 0 Å². The number of aromatic nitrogens is 5. The number of nitrogens with zero attached hydrogens (tertiary/aromatic N) is 5. The second-order valence-corrected chi connectivity index (χ2v) is 16.6. The minimum Gasteiger partial charge on any atom is -0.309 e. The monoisotopic (exact) mass is 795 g/mol. The number of fused-ring (bicyclic) bond motifs is 11. The Labute approximate surface area is 354 Å². The number of rotatable bonds is 5. The Hall–Kier alpha value is -7.93. The third-order valence-corrected chi connectivity index (χ3v) is 13.3. The Kier molecular flexibility index (Phi) is 7.41. The van der Waals surface area contributed by atoms with Crippen molar-refractivity contribution in [2.45, 2.75) is 0 Å². The fraction of sp³-hybridized carbons (Fsp3) is 0. The third kappa shape index (κ3) is 5.16. The summed E-state index contributed by atoms with van der Waals surface area (Å²) >= 11 is 1.84. The molecule has 0 spiro atoms. The van der Waals surface area contributed by atoms with Gasteiger partial charge in [-0.2, -0.15) is 0 Å². The summed E-state index contributed by atoms with van der Waals surface area (Å²) in [7, 11) is 0.